The summed E-state index contributed by atoms with van der Waals surface area (Å²) in [5.74, 6) is 0.0887. The predicted molar refractivity (Wildman–Crippen MR) is 157 cm³/mol. The van der Waals surface area contributed by atoms with E-state index in [0.29, 0.717) is 28.1 Å². The predicted octanol–water partition coefficient (Wildman–Crippen LogP) is 5.43. The molecule has 1 aliphatic rings. The number of aromatic nitrogens is 2. The van der Waals surface area contributed by atoms with Crippen LogP contribution in [0, 0.1) is 0 Å². The zero-order valence-electron chi connectivity index (χ0n) is 21.9. The molecule has 5 aromatic rings. The molecule has 1 aliphatic heterocycles. The van der Waals surface area contributed by atoms with Crippen molar-refractivity contribution in [2.75, 3.05) is 12.1 Å². The van der Waals surface area contributed by atoms with Gasteiger partial charge in [0.15, 0.2) is 11.5 Å². The van der Waals surface area contributed by atoms with Crippen molar-refractivity contribution in [1.82, 2.24) is 15.5 Å². The number of ether oxygens (including phenoxy) is 2. The fourth-order valence-corrected chi connectivity index (χ4v) is 5.46. The highest BCUT2D eigenvalue weighted by atomic mass is 32.1. The minimum Gasteiger partial charge on any atom is -0.454 e. The molecule has 1 unspecified atom stereocenters. The number of nitrogens with zero attached hydrogens (tertiary/aromatic N) is 2. The van der Waals surface area contributed by atoms with Gasteiger partial charge < -0.3 is 14.8 Å². The van der Waals surface area contributed by atoms with Crippen LogP contribution in [0.3, 0.4) is 0 Å². The summed E-state index contributed by atoms with van der Waals surface area (Å²) in [6.07, 6.45) is 0.308. The van der Waals surface area contributed by atoms with Crippen LogP contribution in [0.15, 0.2) is 109 Å². The van der Waals surface area contributed by atoms with Crippen molar-refractivity contribution in [2.24, 2.45) is 0 Å². The lowest BCUT2D eigenvalue weighted by Crippen LogP contribution is -2.47. The van der Waals surface area contributed by atoms with E-state index in [9.17, 15) is 9.59 Å². The standard InChI is InChI=1S/C32H26N4O4S/c37-29(34-32-36-35-31(41-32)24-16-17-26-27(19-24)40-20-39-26)25(18-21-10-4-1-5-11-21)33-30(38)28(22-12-6-2-7-13-22)23-14-8-3-9-15-23/h1-17,19,25,28H,18,20H2,(H,33,38)(H,34,36,37). The number of amides is 2. The van der Waals surface area contributed by atoms with Crippen LogP contribution in [0.5, 0.6) is 11.5 Å². The lowest BCUT2D eigenvalue weighted by atomic mass is 9.90. The lowest BCUT2D eigenvalue weighted by molar-refractivity contribution is -0.126. The van der Waals surface area contributed by atoms with Gasteiger partial charge in [0, 0.05) is 12.0 Å². The molecule has 0 spiro atoms. The smallest absolute Gasteiger partial charge is 0.249 e. The molecule has 0 bridgehead atoms. The summed E-state index contributed by atoms with van der Waals surface area (Å²) in [4.78, 5) is 27.5. The molecule has 1 aromatic heterocycles. The molecule has 2 amide bonds. The first kappa shape index (κ1) is 26.2. The van der Waals surface area contributed by atoms with E-state index in [0.717, 1.165) is 22.3 Å². The third-order valence-electron chi connectivity index (χ3n) is 6.72. The Kier molecular flexibility index (Phi) is 7.68. The van der Waals surface area contributed by atoms with Gasteiger partial charge in [-0.3, -0.25) is 14.9 Å². The number of benzene rings is 4. The van der Waals surface area contributed by atoms with Crippen molar-refractivity contribution in [3.63, 3.8) is 0 Å². The Hall–Kier alpha value is -5.02. The highest BCUT2D eigenvalue weighted by molar-refractivity contribution is 7.18. The maximum Gasteiger partial charge on any atom is 0.249 e. The van der Waals surface area contributed by atoms with E-state index in [4.69, 9.17) is 9.47 Å². The Morgan fingerprint density at radius 3 is 2.07 bits per heavy atom. The maximum atomic E-state index is 13.8. The monoisotopic (exact) mass is 562 g/mol. The number of nitrogens with one attached hydrogen (secondary N) is 2. The number of rotatable bonds is 9. The number of fused-ring (bicyclic) bond motifs is 1. The fraction of sp³-hybridized carbons (Fsp3) is 0.125. The van der Waals surface area contributed by atoms with Crippen LogP contribution >= 0.6 is 11.3 Å². The minimum absolute atomic E-state index is 0.181. The summed E-state index contributed by atoms with van der Waals surface area (Å²) < 4.78 is 10.8. The quantitative estimate of drug-likeness (QED) is 0.248. The van der Waals surface area contributed by atoms with Gasteiger partial charge in [0.25, 0.3) is 0 Å². The van der Waals surface area contributed by atoms with Gasteiger partial charge >= 0.3 is 0 Å². The third kappa shape index (κ3) is 6.10. The molecule has 2 heterocycles. The SMILES string of the molecule is O=C(Nc1nnc(-c2ccc3c(c2)OCO3)s1)C(Cc1ccccc1)NC(=O)C(c1ccccc1)c1ccccc1. The largest absolute Gasteiger partial charge is 0.454 e. The van der Waals surface area contributed by atoms with Crippen molar-refractivity contribution < 1.29 is 19.1 Å². The van der Waals surface area contributed by atoms with Crippen LogP contribution in [-0.4, -0.2) is 34.8 Å². The van der Waals surface area contributed by atoms with Crippen molar-refractivity contribution in [1.29, 1.82) is 0 Å². The summed E-state index contributed by atoms with van der Waals surface area (Å²) in [5.41, 5.74) is 3.40. The summed E-state index contributed by atoms with van der Waals surface area (Å²) >= 11 is 1.24. The average Bonchev–Trinajstić information content (AvgIpc) is 3.68. The third-order valence-corrected chi connectivity index (χ3v) is 7.61. The van der Waals surface area contributed by atoms with Gasteiger partial charge in [0.2, 0.25) is 23.7 Å². The Bertz CT molecular complexity index is 1610. The Morgan fingerprint density at radius 2 is 1.39 bits per heavy atom. The molecule has 0 aliphatic carbocycles. The van der Waals surface area contributed by atoms with E-state index in [1.807, 2.05) is 109 Å². The molecule has 0 saturated heterocycles. The molecule has 8 nitrogen and oxygen atoms in total. The van der Waals surface area contributed by atoms with Crippen LogP contribution in [0.1, 0.15) is 22.6 Å². The van der Waals surface area contributed by atoms with E-state index in [-0.39, 0.29) is 18.6 Å². The Labute approximate surface area is 241 Å². The average molecular weight is 563 g/mol. The van der Waals surface area contributed by atoms with Crippen molar-refractivity contribution in [2.45, 2.75) is 18.4 Å². The molecule has 2 N–H and O–H groups in total. The molecular weight excluding hydrogens is 536 g/mol. The number of hydrogen-bond acceptors (Lipinski definition) is 7. The second-order valence-electron chi connectivity index (χ2n) is 9.47. The second-order valence-corrected chi connectivity index (χ2v) is 10.5. The Morgan fingerprint density at radius 1 is 0.756 bits per heavy atom. The minimum atomic E-state index is -0.849. The van der Waals surface area contributed by atoms with Crippen LogP contribution in [0.4, 0.5) is 5.13 Å². The first-order valence-electron chi connectivity index (χ1n) is 13.1. The van der Waals surface area contributed by atoms with E-state index in [1.165, 1.54) is 11.3 Å². The first-order valence-corrected chi connectivity index (χ1v) is 13.9. The molecule has 0 saturated carbocycles. The fourth-order valence-electron chi connectivity index (χ4n) is 4.71. The zero-order chi connectivity index (χ0) is 28.0. The van der Waals surface area contributed by atoms with E-state index in [2.05, 4.69) is 20.8 Å². The number of hydrogen-bond donors (Lipinski definition) is 2. The first-order chi connectivity index (χ1) is 20.1. The zero-order valence-corrected chi connectivity index (χ0v) is 22.7. The van der Waals surface area contributed by atoms with Gasteiger partial charge in [-0.2, -0.15) is 0 Å². The normalized spacial score (nSPS) is 12.6. The van der Waals surface area contributed by atoms with Crippen LogP contribution in [0.25, 0.3) is 10.6 Å². The highest BCUT2D eigenvalue weighted by Gasteiger charge is 2.29. The summed E-state index contributed by atoms with van der Waals surface area (Å²) in [6, 6.07) is 33.4. The molecule has 0 radical (unpaired) electrons. The molecule has 0 fully saturated rings. The molecular formula is C32H26N4O4S. The van der Waals surface area contributed by atoms with Crippen molar-refractivity contribution in [3.8, 4) is 22.1 Å². The molecule has 4 aromatic carbocycles. The topological polar surface area (TPSA) is 102 Å². The van der Waals surface area contributed by atoms with Gasteiger partial charge in [-0.1, -0.05) is 102 Å². The van der Waals surface area contributed by atoms with Gasteiger partial charge in [0.1, 0.15) is 11.0 Å². The summed E-state index contributed by atoms with van der Waals surface area (Å²) in [6.45, 7) is 0.181. The number of carbonyl (C=O) groups excluding carboxylic acids is 2. The highest BCUT2D eigenvalue weighted by Crippen LogP contribution is 2.37. The molecule has 6 rings (SSSR count). The molecule has 204 valence electrons. The molecule has 9 heteroatoms. The van der Waals surface area contributed by atoms with Gasteiger partial charge in [0.05, 0.1) is 5.92 Å². The number of carbonyl (C=O) groups is 2. The summed E-state index contributed by atoms with van der Waals surface area (Å²) in [7, 11) is 0. The molecule has 1 atom stereocenters. The number of anilines is 1. The second kappa shape index (κ2) is 12.0. The van der Waals surface area contributed by atoms with Gasteiger partial charge in [-0.05, 0) is 34.9 Å². The van der Waals surface area contributed by atoms with Gasteiger partial charge in [-0.25, -0.2) is 0 Å². The maximum absolute atomic E-state index is 13.8. The van der Waals surface area contributed by atoms with E-state index in [1.54, 1.807) is 0 Å². The van der Waals surface area contributed by atoms with E-state index >= 15 is 0 Å². The summed E-state index contributed by atoms with van der Waals surface area (Å²) in [5, 5.41) is 15.3. The van der Waals surface area contributed by atoms with Crippen LogP contribution < -0.4 is 20.1 Å². The van der Waals surface area contributed by atoms with Crippen LogP contribution in [-0.2, 0) is 16.0 Å². The van der Waals surface area contributed by atoms with E-state index < -0.39 is 12.0 Å². The van der Waals surface area contributed by atoms with Gasteiger partial charge in [-0.15, -0.1) is 10.2 Å². The van der Waals surface area contributed by atoms with Crippen molar-refractivity contribution in [3.05, 3.63) is 126 Å². The van der Waals surface area contributed by atoms with Crippen LogP contribution in [0.2, 0.25) is 0 Å². The Balaban J connectivity index is 1.24. The molecule has 41 heavy (non-hydrogen) atoms. The van der Waals surface area contributed by atoms with Crippen molar-refractivity contribution >= 4 is 28.3 Å². The lowest BCUT2D eigenvalue weighted by Gasteiger charge is -2.23.